The lowest BCUT2D eigenvalue weighted by atomic mass is 10.0. The lowest BCUT2D eigenvalue weighted by molar-refractivity contribution is 1.25. The Bertz CT molecular complexity index is 2060. The highest BCUT2D eigenvalue weighted by Crippen LogP contribution is 2.43. The SMILES string of the molecule is [c]1ccc(-c2cc3c(sc4ccc5ccccc5c43)c3nc4c5ccccc5ccc4n23)cc1. The highest BCUT2D eigenvalue weighted by atomic mass is 32.1. The minimum atomic E-state index is 1.02. The van der Waals surface area contributed by atoms with Crippen molar-refractivity contribution < 1.29 is 0 Å². The van der Waals surface area contributed by atoms with E-state index in [1.54, 1.807) is 0 Å². The molecule has 3 heteroatoms. The topological polar surface area (TPSA) is 17.3 Å². The summed E-state index contributed by atoms with van der Waals surface area (Å²) in [7, 11) is 0. The van der Waals surface area contributed by atoms with Gasteiger partial charge in [0.05, 0.1) is 21.4 Å². The van der Waals surface area contributed by atoms with Gasteiger partial charge in [-0.3, -0.25) is 4.40 Å². The van der Waals surface area contributed by atoms with Crippen LogP contribution in [0.5, 0.6) is 0 Å². The Hall–Kier alpha value is -4.21. The normalized spacial score (nSPS) is 12.1. The Balaban J connectivity index is 1.66. The molecule has 0 spiro atoms. The summed E-state index contributed by atoms with van der Waals surface area (Å²) in [6.07, 6.45) is 0. The number of rotatable bonds is 1. The highest BCUT2D eigenvalue weighted by Gasteiger charge is 2.19. The number of nitrogens with zero attached hydrogens (tertiary/aromatic N) is 2. The fourth-order valence-corrected chi connectivity index (χ4v) is 6.55. The molecule has 157 valence electrons. The molecule has 0 bridgehead atoms. The van der Waals surface area contributed by atoms with Gasteiger partial charge in [0.1, 0.15) is 0 Å². The van der Waals surface area contributed by atoms with E-state index in [0.717, 1.165) is 27.9 Å². The molecule has 0 N–H and O–H groups in total. The maximum atomic E-state index is 5.30. The number of imidazole rings is 1. The van der Waals surface area contributed by atoms with Gasteiger partial charge in [0.2, 0.25) is 0 Å². The number of hydrogen-bond acceptors (Lipinski definition) is 2. The van der Waals surface area contributed by atoms with Gasteiger partial charge in [-0.25, -0.2) is 4.98 Å². The third-order valence-electron chi connectivity index (χ3n) is 6.91. The number of thiophene rings is 1. The van der Waals surface area contributed by atoms with Crippen LogP contribution in [0.4, 0.5) is 0 Å². The molecule has 2 nitrogen and oxygen atoms in total. The zero-order valence-electron chi connectivity index (χ0n) is 18.1. The molecule has 8 rings (SSSR count). The van der Waals surface area contributed by atoms with Gasteiger partial charge in [-0.2, -0.15) is 0 Å². The van der Waals surface area contributed by atoms with Crippen LogP contribution in [0.15, 0.2) is 103 Å². The Morgan fingerprint density at radius 3 is 2.29 bits per heavy atom. The molecule has 3 aromatic heterocycles. The molecule has 5 aromatic carbocycles. The van der Waals surface area contributed by atoms with Crippen LogP contribution < -0.4 is 0 Å². The molecule has 0 saturated heterocycles. The number of hydrogen-bond donors (Lipinski definition) is 0. The predicted octanol–water partition coefficient (Wildman–Crippen LogP) is 8.63. The summed E-state index contributed by atoms with van der Waals surface area (Å²) in [4.78, 5) is 5.30. The third-order valence-corrected chi connectivity index (χ3v) is 8.07. The lowest BCUT2D eigenvalue weighted by Crippen LogP contribution is -1.92. The average molecular weight is 450 g/mol. The van der Waals surface area contributed by atoms with E-state index in [9.17, 15) is 0 Å². The molecule has 1 radical (unpaired) electrons. The van der Waals surface area contributed by atoms with E-state index in [1.807, 2.05) is 23.5 Å². The maximum absolute atomic E-state index is 5.30. The van der Waals surface area contributed by atoms with Crippen LogP contribution in [0, 0.1) is 6.07 Å². The predicted molar refractivity (Wildman–Crippen MR) is 145 cm³/mol. The van der Waals surface area contributed by atoms with Crippen molar-refractivity contribution in [2.45, 2.75) is 0 Å². The van der Waals surface area contributed by atoms with Gasteiger partial charge in [-0.05, 0) is 46.0 Å². The first-order chi connectivity index (χ1) is 16.9. The minimum absolute atomic E-state index is 1.02. The molecule has 0 atom stereocenters. The molecule has 0 aliphatic carbocycles. The quantitative estimate of drug-likeness (QED) is 0.245. The summed E-state index contributed by atoms with van der Waals surface area (Å²) in [6, 6.07) is 39.9. The first-order valence-electron chi connectivity index (χ1n) is 11.4. The number of benzene rings is 5. The summed E-state index contributed by atoms with van der Waals surface area (Å²) >= 11 is 1.84. The van der Waals surface area contributed by atoms with Gasteiger partial charge in [-0.15, -0.1) is 11.3 Å². The fourth-order valence-electron chi connectivity index (χ4n) is 5.38. The van der Waals surface area contributed by atoms with Crippen molar-refractivity contribution in [2.24, 2.45) is 0 Å². The largest absolute Gasteiger partial charge is 0.291 e. The molecule has 0 aliphatic heterocycles. The Labute approximate surface area is 199 Å². The van der Waals surface area contributed by atoms with Gasteiger partial charge in [-0.1, -0.05) is 84.9 Å². The molecular formula is C31H17N2S. The molecule has 0 fully saturated rings. The van der Waals surface area contributed by atoms with E-state index < -0.39 is 0 Å². The van der Waals surface area contributed by atoms with Gasteiger partial charge in [0, 0.05) is 20.9 Å². The number of pyridine rings is 1. The smallest absolute Gasteiger partial charge is 0.156 e. The van der Waals surface area contributed by atoms with Crippen molar-refractivity contribution in [3.05, 3.63) is 109 Å². The minimum Gasteiger partial charge on any atom is -0.291 e. The van der Waals surface area contributed by atoms with Crippen LogP contribution in [-0.4, -0.2) is 9.38 Å². The Morgan fingerprint density at radius 2 is 1.44 bits per heavy atom. The molecule has 0 amide bonds. The van der Waals surface area contributed by atoms with Crippen molar-refractivity contribution in [3.8, 4) is 11.3 Å². The van der Waals surface area contributed by atoms with Crippen LogP contribution >= 0.6 is 11.3 Å². The van der Waals surface area contributed by atoms with Crippen LogP contribution in [0.1, 0.15) is 0 Å². The van der Waals surface area contributed by atoms with E-state index in [0.29, 0.717) is 0 Å². The molecule has 0 saturated carbocycles. The van der Waals surface area contributed by atoms with Crippen LogP contribution in [0.25, 0.3) is 69.7 Å². The zero-order chi connectivity index (χ0) is 22.2. The highest BCUT2D eigenvalue weighted by molar-refractivity contribution is 7.26. The fraction of sp³-hybridized carbons (Fsp3) is 0. The standard InChI is InChI=1S/C31H17N2S/c1-2-10-21(11-3-1)26-18-24-28-22-12-6-4-8-19(22)15-17-27(28)34-30(24)31-32-29-23-13-7-5-9-20(23)14-16-25(29)33(26)31/h2-18H. The second kappa shape index (κ2) is 6.66. The van der Waals surface area contributed by atoms with Crippen molar-refractivity contribution >= 4 is 69.7 Å². The van der Waals surface area contributed by atoms with E-state index in [-0.39, 0.29) is 0 Å². The first-order valence-corrected chi connectivity index (χ1v) is 12.2. The zero-order valence-corrected chi connectivity index (χ0v) is 18.9. The Morgan fingerprint density at radius 1 is 0.706 bits per heavy atom. The molecule has 34 heavy (non-hydrogen) atoms. The number of aromatic nitrogens is 2. The monoisotopic (exact) mass is 449 g/mol. The third kappa shape index (κ3) is 2.37. The molecule has 0 unspecified atom stereocenters. The Kier molecular flexibility index (Phi) is 3.57. The van der Waals surface area contributed by atoms with Gasteiger partial charge in [0.25, 0.3) is 0 Å². The van der Waals surface area contributed by atoms with E-state index >= 15 is 0 Å². The van der Waals surface area contributed by atoms with Crippen LogP contribution in [0.3, 0.4) is 0 Å². The molecule has 3 heterocycles. The number of fused-ring (bicyclic) bond motifs is 11. The molecule has 0 aliphatic rings. The maximum Gasteiger partial charge on any atom is 0.156 e. The van der Waals surface area contributed by atoms with Crippen molar-refractivity contribution in [3.63, 3.8) is 0 Å². The summed E-state index contributed by atoms with van der Waals surface area (Å²) in [6.45, 7) is 0. The second-order valence-corrected chi connectivity index (χ2v) is 9.80. The van der Waals surface area contributed by atoms with Gasteiger partial charge >= 0.3 is 0 Å². The summed E-state index contributed by atoms with van der Waals surface area (Å²) in [5.74, 6) is 0. The molecular weight excluding hydrogens is 432 g/mol. The van der Waals surface area contributed by atoms with E-state index in [2.05, 4.69) is 101 Å². The van der Waals surface area contributed by atoms with Gasteiger partial charge < -0.3 is 0 Å². The summed E-state index contributed by atoms with van der Waals surface area (Å²) in [5, 5.41) is 7.56. The van der Waals surface area contributed by atoms with E-state index in [1.165, 1.54) is 41.7 Å². The van der Waals surface area contributed by atoms with Crippen molar-refractivity contribution in [2.75, 3.05) is 0 Å². The van der Waals surface area contributed by atoms with Crippen LogP contribution in [-0.2, 0) is 0 Å². The summed E-state index contributed by atoms with van der Waals surface area (Å²) in [5.41, 5.74) is 5.54. The van der Waals surface area contributed by atoms with Gasteiger partial charge in [0.15, 0.2) is 5.65 Å². The summed E-state index contributed by atoms with van der Waals surface area (Å²) < 4.78 is 4.88. The molecule has 8 aromatic rings. The first kappa shape index (κ1) is 18.2. The second-order valence-electron chi connectivity index (χ2n) is 8.75. The van der Waals surface area contributed by atoms with E-state index in [4.69, 9.17) is 4.98 Å². The van der Waals surface area contributed by atoms with Crippen molar-refractivity contribution in [1.82, 2.24) is 9.38 Å². The lowest BCUT2D eigenvalue weighted by Gasteiger charge is -2.09. The average Bonchev–Trinajstić information content (AvgIpc) is 3.48. The van der Waals surface area contributed by atoms with Crippen molar-refractivity contribution in [1.29, 1.82) is 0 Å². The van der Waals surface area contributed by atoms with Crippen LogP contribution in [0.2, 0.25) is 0 Å².